The third-order valence-electron chi connectivity index (χ3n) is 1.77. The van der Waals surface area contributed by atoms with Crippen molar-refractivity contribution in [2.45, 2.75) is 6.92 Å². The minimum Gasteiger partial charge on any atom is -0.478 e. The fourth-order valence-corrected chi connectivity index (χ4v) is 2.37. The lowest BCUT2D eigenvalue weighted by molar-refractivity contribution is -0.132. The molecule has 0 aromatic heterocycles. The SMILES string of the molecule is C/C(=C\c1ccc(Br)c(Br)c1Br)C(=O)O. The molecular weight excluding hydrogens is 392 g/mol. The van der Waals surface area contributed by atoms with Crippen LogP contribution in [-0.4, -0.2) is 11.1 Å². The van der Waals surface area contributed by atoms with Gasteiger partial charge in [-0.1, -0.05) is 6.07 Å². The molecule has 0 aliphatic rings. The Balaban J connectivity index is 3.23. The zero-order chi connectivity index (χ0) is 11.6. The lowest BCUT2D eigenvalue weighted by atomic mass is 10.1. The molecule has 5 heteroatoms. The van der Waals surface area contributed by atoms with Crippen LogP contribution in [-0.2, 0) is 4.79 Å². The fraction of sp³-hybridized carbons (Fsp3) is 0.100. The first kappa shape index (κ1) is 12.9. The number of aliphatic carboxylic acids is 1. The van der Waals surface area contributed by atoms with E-state index in [1.807, 2.05) is 12.1 Å². The van der Waals surface area contributed by atoms with Crippen molar-refractivity contribution in [3.8, 4) is 0 Å². The first-order valence-corrected chi connectivity index (χ1v) is 6.36. The van der Waals surface area contributed by atoms with Crippen LogP contribution in [0.3, 0.4) is 0 Å². The van der Waals surface area contributed by atoms with Crippen molar-refractivity contribution >= 4 is 59.8 Å². The van der Waals surface area contributed by atoms with Crippen molar-refractivity contribution < 1.29 is 9.90 Å². The average Bonchev–Trinajstić information content (AvgIpc) is 2.18. The van der Waals surface area contributed by atoms with Crippen molar-refractivity contribution in [1.29, 1.82) is 0 Å². The van der Waals surface area contributed by atoms with Gasteiger partial charge in [0.25, 0.3) is 0 Å². The fourth-order valence-electron chi connectivity index (χ4n) is 0.947. The average molecular weight is 399 g/mol. The highest BCUT2D eigenvalue weighted by atomic mass is 79.9. The summed E-state index contributed by atoms with van der Waals surface area (Å²) in [4.78, 5) is 10.7. The van der Waals surface area contributed by atoms with E-state index in [4.69, 9.17) is 5.11 Å². The van der Waals surface area contributed by atoms with Crippen LogP contribution in [0.4, 0.5) is 0 Å². The molecule has 0 saturated carbocycles. The Bertz CT molecular complexity index is 439. The zero-order valence-electron chi connectivity index (χ0n) is 7.72. The van der Waals surface area contributed by atoms with Crippen molar-refractivity contribution in [2.75, 3.05) is 0 Å². The maximum absolute atomic E-state index is 10.7. The molecular formula is C10H7Br3O2. The molecule has 2 nitrogen and oxygen atoms in total. The lowest BCUT2D eigenvalue weighted by Crippen LogP contribution is -1.95. The van der Waals surface area contributed by atoms with Crippen LogP contribution < -0.4 is 0 Å². The topological polar surface area (TPSA) is 37.3 Å². The summed E-state index contributed by atoms with van der Waals surface area (Å²) < 4.78 is 2.62. The Hall–Kier alpha value is -0.130. The standard InChI is InChI=1S/C10H7Br3O2/c1-5(10(14)15)4-6-2-3-7(11)9(13)8(6)12/h2-4H,1H3,(H,14,15)/b5-4+. The van der Waals surface area contributed by atoms with E-state index in [0.29, 0.717) is 5.57 Å². The Labute approximate surface area is 113 Å². The number of hydrogen-bond acceptors (Lipinski definition) is 1. The first-order valence-electron chi connectivity index (χ1n) is 3.98. The Kier molecular flexibility index (Phi) is 4.55. The van der Waals surface area contributed by atoms with E-state index in [2.05, 4.69) is 47.8 Å². The molecule has 0 saturated heterocycles. The van der Waals surface area contributed by atoms with E-state index in [-0.39, 0.29) is 0 Å². The summed E-state index contributed by atoms with van der Waals surface area (Å²) in [5.41, 5.74) is 1.12. The van der Waals surface area contributed by atoms with Gasteiger partial charge in [0.15, 0.2) is 0 Å². The summed E-state index contributed by atoms with van der Waals surface area (Å²) >= 11 is 10.1. The highest BCUT2D eigenvalue weighted by molar-refractivity contribution is 9.14. The number of carboxylic acid groups (broad SMARTS) is 1. The van der Waals surface area contributed by atoms with Crippen LogP contribution in [0.5, 0.6) is 0 Å². The number of halogens is 3. The summed E-state index contributed by atoms with van der Waals surface area (Å²) in [6, 6.07) is 3.70. The van der Waals surface area contributed by atoms with Crippen molar-refractivity contribution in [3.05, 3.63) is 36.7 Å². The molecule has 80 valence electrons. The molecule has 0 aliphatic heterocycles. The van der Waals surface area contributed by atoms with Gasteiger partial charge in [0.05, 0.1) is 0 Å². The second-order valence-corrected chi connectivity index (χ2v) is 5.34. The summed E-state index contributed by atoms with van der Waals surface area (Å²) in [6.45, 7) is 1.56. The van der Waals surface area contributed by atoms with Crippen LogP contribution in [0, 0.1) is 0 Å². The third-order valence-corrected chi connectivity index (χ3v) is 5.18. The molecule has 0 heterocycles. The number of benzene rings is 1. The van der Waals surface area contributed by atoms with Crippen LogP contribution in [0.15, 0.2) is 31.1 Å². The van der Waals surface area contributed by atoms with Gasteiger partial charge in [-0.25, -0.2) is 4.79 Å². The molecule has 1 aromatic carbocycles. The number of carboxylic acids is 1. The summed E-state index contributed by atoms with van der Waals surface area (Å²) in [5.74, 6) is -0.916. The van der Waals surface area contributed by atoms with Gasteiger partial charge in [-0.15, -0.1) is 0 Å². The first-order chi connectivity index (χ1) is 6.93. The van der Waals surface area contributed by atoms with Crippen molar-refractivity contribution in [1.82, 2.24) is 0 Å². The van der Waals surface area contributed by atoms with Gasteiger partial charge < -0.3 is 5.11 Å². The third kappa shape index (κ3) is 3.16. The Morgan fingerprint density at radius 3 is 2.40 bits per heavy atom. The van der Waals surface area contributed by atoms with Gasteiger partial charge in [0, 0.05) is 19.0 Å². The normalized spacial score (nSPS) is 11.6. The minimum atomic E-state index is -0.916. The molecule has 15 heavy (non-hydrogen) atoms. The molecule has 0 amide bonds. The summed E-state index contributed by atoms with van der Waals surface area (Å²) in [6.07, 6.45) is 1.61. The Morgan fingerprint density at radius 2 is 1.87 bits per heavy atom. The number of rotatable bonds is 2. The summed E-state index contributed by atoms with van der Waals surface area (Å²) in [5, 5.41) is 8.75. The maximum atomic E-state index is 10.7. The predicted octanol–water partition coefficient (Wildman–Crippen LogP) is 4.46. The minimum absolute atomic E-state index is 0.296. The van der Waals surface area contributed by atoms with Gasteiger partial charge in [0.1, 0.15) is 0 Å². The van der Waals surface area contributed by atoms with Gasteiger partial charge in [-0.2, -0.15) is 0 Å². The second kappa shape index (κ2) is 5.27. The van der Waals surface area contributed by atoms with Gasteiger partial charge >= 0.3 is 5.97 Å². The van der Waals surface area contributed by atoms with E-state index >= 15 is 0 Å². The Morgan fingerprint density at radius 1 is 1.27 bits per heavy atom. The molecule has 0 fully saturated rings. The second-order valence-electron chi connectivity index (χ2n) is 2.90. The molecule has 0 bridgehead atoms. The van der Waals surface area contributed by atoms with Crippen LogP contribution in [0.25, 0.3) is 6.08 Å². The molecule has 1 aromatic rings. The quantitative estimate of drug-likeness (QED) is 0.589. The van der Waals surface area contributed by atoms with Gasteiger partial charge in [-0.05, 0) is 72.4 Å². The van der Waals surface area contributed by atoms with Gasteiger partial charge in [0.2, 0.25) is 0 Å². The number of hydrogen-bond donors (Lipinski definition) is 1. The zero-order valence-corrected chi connectivity index (χ0v) is 12.5. The van der Waals surface area contributed by atoms with Crippen LogP contribution in [0.1, 0.15) is 12.5 Å². The predicted molar refractivity (Wildman–Crippen MR) is 70.8 cm³/mol. The lowest BCUT2D eigenvalue weighted by Gasteiger charge is -2.04. The molecule has 1 N–H and O–H groups in total. The van der Waals surface area contributed by atoms with Crippen LogP contribution >= 0.6 is 47.8 Å². The van der Waals surface area contributed by atoms with E-state index in [9.17, 15) is 4.79 Å². The highest BCUT2D eigenvalue weighted by Gasteiger charge is 2.07. The number of carbonyl (C=O) groups is 1. The van der Waals surface area contributed by atoms with Crippen molar-refractivity contribution in [2.24, 2.45) is 0 Å². The largest absolute Gasteiger partial charge is 0.478 e. The van der Waals surface area contributed by atoms with Crippen molar-refractivity contribution in [3.63, 3.8) is 0 Å². The maximum Gasteiger partial charge on any atom is 0.331 e. The monoisotopic (exact) mass is 396 g/mol. The summed E-state index contributed by atoms with van der Waals surface area (Å²) in [7, 11) is 0. The van der Waals surface area contributed by atoms with Crippen LogP contribution in [0.2, 0.25) is 0 Å². The van der Waals surface area contributed by atoms with Gasteiger partial charge in [-0.3, -0.25) is 0 Å². The molecule has 0 spiro atoms. The molecule has 0 atom stereocenters. The van der Waals surface area contributed by atoms with E-state index < -0.39 is 5.97 Å². The molecule has 1 rings (SSSR count). The van der Waals surface area contributed by atoms with E-state index in [1.165, 1.54) is 0 Å². The van der Waals surface area contributed by atoms with E-state index in [1.54, 1.807) is 13.0 Å². The smallest absolute Gasteiger partial charge is 0.331 e. The van der Waals surface area contributed by atoms with E-state index in [0.717, 1.165) is 19.0 Å². The highest BCUT2D eigenvalue weighted by Crippen LogP contribution is 2.34. The molecule has 0 radical (unpaired) electrons. The molecule has 0 aliphatic carbocycles. The molecule has 0 unspecified atom stereocenters.